The Kier molecular flexibility index (Phi) is 11.3. The Morgan fingerprint density at radius 3 is 1.69 bits per heavy atom. The van der Waals surface area contributed by atoms with Crippen molar-refractivity contribution in [3.63, 3.8) is 0 Å². The third-order valence-corrected chi connectivity index (χ3v) is 6.90. The molecular weight excluding hydrogens is 574 g/mol. The van der Waals surface area contributed by atoms with Crippen LogP contribution in [0, 0.1) is 0 Å². The molecule has 4 heterocycles. The van der Waals surface area contributed by atoms with Crippen molar-refractivity contribution >= 4 is 23.5 Å². The Morgan fingerprint density at radius 1 is 0.711 bits per heavy atom. The van der Waals surface area contributed by atoms with Gasteiger partial charge in [-0.3, -0.25) is 14.5 Å². The van der Waals surface area contributed by atoms with Crippen LogP contribution in [-0.2, 0) is 32.2 Å². The molecule has 0 aliphatic carbocycles. The second kappa shape index (κ2) is 15.5. The molecule has 0 aliphatic rings. The fourth-order valence-electron chi connectivity index (χ4n) is 4.71. The van der Waals surface area contributed by atoms with Crippen LogP contribution < -0.4 is 0 Å². The molecule has 232 valence electrons. The monoisotopic (exact) mass is 609 g/mol. The Labute approximate surface area is 261 Å². The first-order valence-electron chi connectivity index (χ1n) is 14.5. The van der Waals surface area contributed by atoms with E-state index in [0.717, 1.165) is 0 Å². The maximum Gasteiger partial charge on any atom is 0.356 e. The largest absolute Gasteiger partial charge is 0.468 e. The highest BCUT2D eigenvalue weighted by molar-refractivity contribution is 5.92. The van der Waals surface area contributed by atoms with E-state index in [0.29, 0.717) is 39.9 Å². The zero-order valence-corrected chi connectivity index (χ0v) is 25.7. The maximum atomic E-state index is 13.1. The molecule has 11 nitrogen and oxygen atoms in total. The van der Waals surface area contributed by atoms with Crippen LogP contribution in [0.2, 0.25) is 0 Å². The molecule has 0 fully saturated rings. The summed E-state index contributed by atoms with van der Waals surface area (Å²) in [6.45, 7) is 5.34. The highest BCUT2D eigenvalue weighted by Crippen LogP contribution is 2.22. The van der Waals surface area contributed by atoms with E-state index in [9.17, 15) is 19.2 Å². The van der Waals surface area contributed by atoms with E-state index in [-0.39, 0.29) is 49.8 Å². The lowest BCUT2D eigenvalue weighted by molar-refractivity contribution is -0.148. The van der Waals surface area contributed by atoms with Crippen LogP contribution in [0.1, 0.15) is 66.0 Å². The number of ketones is 2. The van der Waals surface area contributed by atoms with Crippen molar-refractivity contribution in [2.45, 2.75) is 52.7 Å². The van der Waals surface area contributed by atoms with Crippen molar-refractivity contribution in [1.29, 1.82) is 0 Å². The summed E-state index contributed by atoms with van der Waals surface area (Å²) in [5.41, 5.74) is 3.92. The number of hydrogen-bond donors (Lipinski definition) is 0. The maximum absolute atomic E-state index is 13.1. The summed E-state index contributed by atoms with van der Waals surface area (Å²) in [7, 11) is 1.31. The van der Waals surface area contributed by atoms with E-state index in [2.05, 4.69) is 9.97 Å². The fourth-order valence-corrected chi connectivity index (χ4v) is 4.71. The summed E-state index contributed by atoms with van der Waals surface area (Å²) in [5, 5.41) is 0. The minimum absolute atomic E-state index is 0.0481. The van der Waals surface area contributed by atoms with E-state index in [1.165, 1.54) is 21.0 Å². The normalized spacial score (nSPS) is 11.6. The molecule has 4 aromatic rings. The molecule has 45 heavy (non-hydrogen) atoms. The van der Waals surface area contributed by atoms with E-state index < -0.39 is 18.0 Å². The number of rotatable bonds is 14. The van der Waals surface area contributed by atoms with Gasteiger partial charge in [0.15, 0.2) is 5.78 Å². The van der Waals surface area contributed by atoms with Crippen molar-refractivity contribution in [2.24, 2.45) is 0 Å². The van der Waals surface area contributed by atoms with Gasteiger partial charge in [-0.05, 0) is 68.8 Å². The van der Waals surface area contributed by atoms with E-state index >= 15 is 0 Å². The van der Waals surface area contributed by atoms with Gasteiger partial charge in [-0.25, -0.2) is 24.7 Å². The van der Waals surface area contributed by atoms with Crippen LogP contribution in [0.3, 0.4) is 0 Å². The quantitative estimate of drug-likeness (QED) is 0.142. The third kappa shape index (κ3) is 8.93. The van der Waals surface area contributed by atoms with Crippen molar-refractivity contribution < 1.29 is 28.7 Å². The summed E-state index contributed by atoms with van der Waals surface area (Å²) < 4.78 is 10.2. The molecule has 11 heteroatoms. The average molecular weight is 610 g/mol. The van der Waals surface area contributed by atoms with Gasteiger partial charge in [0.25, 0.3) is 0 Å². The van der Waals surface area contributed by atoms with Crippen molar-refractivity contribution in [3.05, 3.63) is 95.6 Å². The summed E-state index contributed by atoms with van der Waals surface area (Å²) >= 11 is 0. The molecule has 0 aliphatic heterocycles. The van der Waals surface area contributed by atoms with Crippen LogP contribution in [0.15, 0.2) is 72.8 Å². The van der Waals surface area contributed by atoms with Gasteiger partial charge in [0, 0.05) is 26.4 Å². The Balaban J connectivity index is 1.68. The molecular formula is C34H35N5O6. The third-order valence-electron chi connectivity index (χ3n) is 6.90. The first-order chi connectivity index (χ1) is 21.7. The van der Waals surface area contributed by atoms with Gasteiger partial charge in [-0.1, -0.05) is 24.3 Å². The highest BCUT2D eigenvalue weighted by atomic mass is 16.5. The molecule has 0 radical (unpaired) electrons. The standard InChI is InChI=1S/C34H35N5O6/c1-5-45-33(42)31-17-9-16-30(38-31)28-14-7-11-25(36-28)21-39(32(34(43)44-4)19-18-22(2)40)20-24-10-6-13-27(35-24)29-15-8-12-26(37-29)23(3)41/h6-17,32H,5,18-21H2,1-4H3. The molecule has 0 N–H and O–H groups in total. The smallest absolute Gasteiger partial charge is 0.356 e. The minimum atomic E-state index is -0.765. The van der Waals surface area contributed by atoms with Gasteiger partial charge in [-0.15, -0.1) is 0 Å². The number of nitrogens with zero attached hydrogens (tertiary/aromatic N) is 5. The zero-order valence-electron chi connectivity index (χ0n) is 25.7. The van der Waals surface area contributed by atoms with Crippen molar-refractivity contribution in [3.8, 4) is 22.8 Å². The van der Waals surface area contributed by atoms with Gasteiger partial charge >= 0.3 is 11.9 Å². The van der Waals surface area contributed by atoms with Crippen LogP contribution in [0.25, 0.3) is 22.8 Å². The predicted octanol–water partition coefficient (Wildman–Crippen LogP) is 4.89. The summed E-state index contributed by atoms with van der Waals surface area (Å²) in [6.07, 6.45) is 0.427. The number of aromatic nitrogens is 4. The lowest BCUT2D eigenvalue weighted by Gasteiger charge is -2.29. The number of carbonyl (C=O) groups is 4. The van der Waals surface area contributed by atoms with Crippen molar-refractivity contribution in [2.75, 3.05) is 13.7 Å². The van der Waals surface area contributed by atoms with Gasteiger partial charge in [0.05, 0.1) is 47.9 Å². The zero-order chi connectivity index (χ0) is 32.3. The second-order valence-electron chi connectivity index (χ2n) is 10.3. The Morgan fingerprint density at radius 2 is 1.20 bits per heavy atom. The van der Waals surface area contributed by atoms with E-state index in [1.54, 1.807) is 55.5 Å². The molecule has 0 bridgehead atoms. The van der Waals surface area contributed by atoms with E-state index in [1.807, 2.05) is 29.2 Å². The molecule has 0 saturated heterocycles. The van der Waals surface area contributed by atoms with E-state index in [4.69, 9.17) is 19.4 Å². The molecule has 0 saturated carbocycles. The molecule has 0 amide bonds. The van der Waals surface area contributed by atoms with Crippen LogP contribution in [0.4, 0.5) is 0 Å². The number of carbonyl (C=O) groups excluding carboxylic acids is 4. The van der Waals surface area contributed by atoms with Crippen LogP contribution >= 0.6 is 0 Å². The molecule has 1 unspecified atom stereocenters. The van der Waals surface area contributed by atoms with Crippen LogP contribution in [-0.4, -0.2) is 68.1 Å². The Bertz CT molecular complexity index is 1690. The molecule has 4 rings (SSSR count). The number of esters is 2. The number of Topliss-reactive ketones (excluding diaryl/α,β-unsaturated/α-hetero) is 2. The summed E-state index contributed by atoms with van der Waals surface area (Å²) in [6, 6.07) is 20.4. The molecule has 1 atom stereocenters. The average Bonchev–Trinajstić information content (AvgIpc) is 3.05. The number of pyridine rings is 4. The topological polar surface area (TPSA) is 142 Å². The van der Waals surface area contributed by atoms with Gasteiger partial charge in [-0.2, -0.15) is 0 Å². The van der Waals surface area contributed by atoms with Gasteiger partial charge in [0.2, 0.25) is 0 Å². The first kappa shape index (κ1) is 32.7. The number of ether oxygens (including phenoxy) is 2. The summed E-state index contributed by atoms with van der Waals surface area (Å²) in [5.74, 6) is -1.20. The molecule has 0 aromatic carbocycles. The second-order valence-corrected chi connectivity index (χ2v) is 10.3. The lowest BCUT2D eigenvalue weighted by atomic mass is 10.1. The molecule has 0 spiro atoms. The summed E-state index contributed by atoms with van der Waals surface area (Å²) in [4.78, 5) is 69.4. The van der Waals surface area contributed by atoms with Gasteiger partial charge < -0.3 is 14.3 Å². The molecule has 4 aromatic heterocycles. The Hall–Kier alpha value is -5.16. The van der Waals surface area contributed by atoms with Crippen LogP contribution in [0.5, 0.6) is 0 Å². The minimum Gasteiger partial charge on any atom is -0.468 e. The number of hydrogen-bond acceptors (Lipinski definition) is 11. The first-order valence-corrected chi connectivity index (χ1v) is 14.5. The fraction of sp³-hybridized carbons (Fsp3) is 0.294. The highest BCUT2D eigenvalue weighted by Gasteiger charge is 2.28. The predicted molar refractivity (Wildman–Crippen MR) is 166 cm³/mol. The lowest BCUT2D eigenvalue weighted by Crippen LogP contribution is -2.41. The number of methoxy groups -OCH3 is 1. The van der Waals surface area contributed by atoms with Gasteiger partial charge in [0.1, 0.15) is 23.2 Å². The van der Waals surface area contributed by atoms with Crippen molar-refractivity contribution in [1.82, 2.24) is 24.8 Å². The SMILES string of the molecule is CCOC(=O)c1cccc(-c2cccc(CN(Cc3cccc(-c4cccc(C(C)=O)n4)n3)C(CCC(C)=O)C(=O)OC)n2)n1.